The molecule has 3 N–H and O–H groups in total. The molecule has 2 saturated heterocycles. The Morgan fingerprint density at radius 2 is 1.87 bits per heavy atom. The molecule has 11 heteroatoms. The third-order valence-corrected chi connectivity index (χ3v) is 7.86. The molecule has 0 saturated carbocycles. The van der Waals surface area contributed by atoms with Crippen LogP contribution in [0, 0.1) is 6.92 Å². The van der Waals surface area contributed by atoms with Crippen LogP contribution in [0.15, 0.2) is 30.5 Å². The minimum Gasteiger partial charge on any atom is -0.367 e. The predicted molar refractivity (Wildman–Crippen MR) is 119 cm³/mol. The summed E-state index contributed by atoms with van der Waals surface area (Å²) >= 11 is 0. The maximum atomic E-state index is 12.6. The van der Waals surface area contributed by atoms with Crippen molar-refractivity contribution in [2.75, 3.05) is 36.8 Å². The summed E-state index contributed by atoms with van der Waals surface area (Å²) in [6.07, 6.45) is 4.17. The molecule has 31 heavy (non-hydrogen) atoms. The summed E-state index contributed by atoms with van der Waals surface area (Å²) in [5.41, 5.74) is 1.78. The number of pyridine rings is 2. The van der Waals surface area contributed by atoms with Crippen molar-refractivity contribution in [3.63, 3.8) is 0 Å². The smallest absolute Gasteiger partial charge is 0.281 e. The molecule has 0 aromatic carbocycles. The number of aryl methyl sites for hydroxylation is 1. The van der Waals surface area contributed by atoms with Crippen LogP contribution in [0.4, 0.5) is 17.5 Å². The van der Waals surface area contributed by atoms with E-state index < -0.39 is 10.2 Å². The van der Waals surface area contributed by atoms with E-state index in [9.17, 15) is 8.42 Å². The van der Waals surface area contributed by atoms with Gasteiger partial charge in [0.15, 0.2) is 5.82 Å². The second kappa shape index (κ2) is 8.06. The molecule has 3 aromatic heterocycles. The molecule has 3 aromatic rings. The maximum absolute atomic E-state index is 12.6. The van der Waals surface area contributed by atoms with E-state index in [0.717, 1.165) is 41.7 Å². The number of hydrogen-bond acceptors (Lipinski definition) is 7. The first-order chi connectivity index (χ1) is 15.0. The van der Waals surface area contributed by atoms with E-state index in [2.05, 4.69) is 25.8 Å². The van der Waals surface area contributed by atoms with Crippen molar-refractivity contribution in [3.05, 3.63) is 36.2 Å². The Bertz CT molecular complexity index is 1180. The topological polar surface area (TPSA) is 119 Å². The summed E-state index contributed by atoms with van der Waals surface area (Å²) in [7, 11) is -3.30. The van der Waals surface area contributed by atoms with Gasteiger partial charge in [-0.25, -0.2) is 4.98 Å². The standard InChI is InChI=1S/C20H26N8O2S/c1-14-12-19(26-25-14)23-18-13-17-16(4-2-7-21-17)20(24-18)22-15-5-10-28(11-6-15)31(29,30)27-8-3-9-27/h2,4,7,12-13,15H,3,5-6,8-11H2,1H3,(H3,22,23,24,25,26). The Kier molecular flexibility index (Phi) is 5.24. The van der Waals surface area contributed by atoms with Crippen molar-refractivity contribution in [3.8, 4) is 0 Å². The molecule has 0 unspecified atom stereocenters. The average Bonchev–Trinajstić information content (AvgIpc) is 3.11. The summed E-state index contributed by atoms with van der Waals surface area (Å²) in [6, 6.07) is 7.82. The molecule has 164 valence electrons. The zero-order chi connectivity index (χ0) is 21.4. The van der Waals surface area contributed by atoms with Crippen LogP contribution in [0.1, 0.15) is 25.0 Å². The lowest BCUT2D eigenvalue weighted by Crippen LogP contribution is -2.53. The average molecular weight is 443 g/mol. The second-order valence-electron chi connectivity index (χ2n) is 8.07. The van der Waals surface area contributed by atoms with Gasteiger partial charge in [0.1, 0.15) is 11.6 Å². The zero-order valence-corrected chi connectivity index (χ0v) is 18.2. The predicted octanol–water partition coefficient (Wildman–Crippen LogP) is 2.23. The molecule has 5 heterocycles. The monoisotopic (exact) mass is 442 g/mol. The highest BCUT2D eigenvalue weighted by molar-refractivity contribution is 7.86. The van der Waals surface area contributed by atoms with Crippen LogP contribution in [-0.2, 0) is 10.2 Å². The zero-order valence-electron chi connectivity index (χ0n) is 17.4. The van der Waals surface area contributed by atoms with Gasteiger partial charge in [-0.05, 0) is 38.3 Å². The van der Waals surface area contributed by atoms with E-state index in [1.165, 1.54) is 0 Å². The number of anilines is 3. The van der Waals surface area contributed by atoms with Crippen molar-refractivity contribution >= 4 is 38.6 Å². The highest BCUT2D eigenvalue weighted by Crippen LogP contribution is 2.28. The highest BCUT2D eigenvalue weighted by atomic mass is 32.2. The van der Waals surface area contributed by atoms with Crippen LogP contribution in [0.3, 0.4) is 0 Å². The quantitative estimate of drug-likeness (QED) is 0.535. The summed E-state index contributed by atoms with van der Waals surface area (Å²) < 4.78 is 28.4. The van der Waals surface area contributed by atoms with Crippen molar-refractivity contribution < 1.29 is 8.42 Å². The molecule has 0 radical (unpaired) electrons. The van der Waals surface area contributed by atoms with Crippen LogP contribution < -0.4 is 10.6 Å². The fourth-order valence-electron chi connectivity index (χ4n) is 3.97. The summed E-state index contributed by atoms with van der Waals surface area (Å²) in [5, 5.41) is 14.8. The first-order valence-corrected chi connectivity index (χ1v) is 12.0. The largest absolute Gasteiger partial charge is 0.367 e. The number of fused-ring (bicyclic) bond motifs is 1. The van der Waals surface area contributed by atoms with E-state index in [-0.39, 0.29) is 6.04 Å². The lowest BCUT2D eigenvalue weighted by molar-refractivity contribution is 0.253. The van der Waals surface area contributed by atoms with E-state index in [1.54, 1.807) is 14.8 Å². The highest BCUT2D eigenvalue weighted by Gasteiger charge is 2.35. The van der Waals surface area contributed by atoms with Crippen molar-refractivity contribution in [2.24, 2.45) is 0 Å². The van der Waals surface area contributed by atoms with E-state index in [4.69, 9.17) is 4.98 Å². The molecule has 0 atom stereocenters. The van der Waals surface area contributed by atoms with Gasteiger partial charge < -0.3 is 10.6 Å². The molecule has 2 aliphatic rings. The molecule has 5 rings (SSSR count). The van der Waals surface area contributed by atoms with Crippen LogP contribution in [-0.4, -0.2) is 69.4 Å². The van der Waals surface area contributed by atoms with Gasteiger partial charge in [0.05, 0.1) is 5.52 Å². The van der Waals surface area contributed by atoms with Crippen LogP contribution in [0.2, 0.25) is 0 Å². The van der Waals surface area contributed by atoms with E-state index in [1.807, 2.05) is 31.2 Å². The number of hydrogen-bond donors (Lipinski definition) is 3. The summed E-state index contributed by atoms with van der Waals surface area (Å²) in [5.74, 6) is 2.08. The Hall–Kier alpha value is -2.76. The first-order valence-electron chi connectivity index (χ1n) is 10.6. The molecule has 0 amide bonds. The Morgan fingerprint density at radius 1 is 1.10 bits per heavy atom. The number of piperidine rings is 1. The van der Waals surface area contributed by atoms with Gasteiger partial charge in [-0.2, -0.15) is 22.1 Å². The molecule has 0 bridgehead atoms. The summed E-state index contributed by atoms with van der Waals surface area (Å²) in [4.78, 5) is 9.24. The fraction of sp³-hybridized carbons (Fsp3) is 0.450. The van der Waals surface area contributed by atoms with Gasteiger partial charge >= 0.3 is 0 Å². The lowest BCUT2D eigenvalue weighted by atomic mass is 10.1. The SMILES string of the molecule is Cc1cc(Nc2cc3ncccc3c(NC3CCN(S(=O)(=O)N4CCC4)CC3)n2)n[nH]1. The second-order valence-corrected chi connectivity index (χ2v) is 9.99. The molecule has 2 aliphatic heterocycles. The van der Waals surface area contributed by atoms with Gasteiger partial charge in [-0.1, -0.05) is 0 Å². The number of aromatic amines is 1. The van der Waals surface area contributed by atoms with E-state index >= 15 is 0 Å². The number of nitrogens with zero attached hydrogens (tertiary/aromatic N) is 5. The minimum atomic E-state index is -3.30. The maximum Gasteiger partial charge on any atom is 0.281 e. The molecule has 10 nitrogen and oxygen atoms in total. The van der Waals surface area contributed by atoms with Gasteiger partial charge in [0, 0.05) is 61.6 Å². The number of H-pyrrole nitrogens is 1. The van der Waals surface area contributed by atoms with E-state index in [0.29, 0.717) is 37.8 Å². The first kappa shape index (κ1) is 20.2. The van der Waals surface area contributed by atoms with Crippen LogP contribution in [0.5, 0.6) is 0 Å². The molecule has 2 fully saturated rings. The normalized spacial score (nSPS) is 18.7. The van der Waals surface area contributed by atoms with Crippen molar-refractivity contribution in [1.82, 2.24) is 28.8 Å². The van der Waals surface area contributed by atoms with Gasteiger partial charge in [-0.15, -0.1) is 0 Å². The fourth-order valence-corrected chi connectivity index (χ4v) is 5.69. The number of aromatic nitrogens is 4. The number of nitrogens with one attached hydrogen (secondary N) is 3. The van der Waals surface area contributed by atoms with Gasteiger partial charge in [0.25, 0.3) is 10.2 Å². The minimum absolute atomic E-state index is 0.140. The molecule has 0 spiro atoms. The Morgan fingerprint density at radius 3 is 2.55 bits per heavy atom. The van der Waals surface area contributed by atoms with Crippen LogP contribution in [0.25, 0.3) is 10.9 Å². The molecular weight excluding hydrogens is 416 g/mol. The third kappa shape index (κ3) is 4.08. The number of rotatable bonds is 6. The molecular formula is C20H26N8O2S. The summed E-state index contributed by atoms with van der Waals surface area (Å²) in [6.45, 7) is 4.24. The molecule has 0 aliphatic carbocycles. The van der Waals surface area contributed by atoms with Crippen molar-refractivity contribution in [2.45, 2.75) is 32.2 Å². The third-order valence-electron chi connectivity index (χ3n) is 5.82. The van der Waals surface area contributed by atoms with Crippen LogP contribution >= 0.6 is 0 Å². The Balaban J connectivity index is 1.33. The van der Waals surface area contributed by atoms with Crippen molar-refractivity contribution in [1.29, 1.82) is 0 Å². The van der Waals surface area contributed by atoms with Gasteiger partial charge in [0.2, 0.25) is 0 Å². The van der Waals surface area contributed by atoms with Gasteiger partial charge in [-0.3, -0.25) is 10.1 Å². The lowest BCUT2D eigenvalue weighted by Gasteiger charge is -2.38. The Labute approximate surface area is 181 Å².